The van der Waals surface area contributed by atoms with Crippen molar-refractivity contribution in [1.82, 2.24) is 9.80 Å². The van der Waals surface area contributed by atoms with Crippen LogP contribution in [0.5, 0.6) is 5.75 Å². The van der Waals surface area contributed by atoms with E-state index in [1.165, 1.54) is 30.3 Å². The molecular weight excluding hydrogens is 349 g/mol. The van der Waals surface area contributed by atoms with Gasteiger partial charge in [-0.15, -0.1) is 13.2 Å². The van der Waals surface area contributed by atoms with Crippen molar-refractivity contribution in [1.29, 1.82) is 0 Å². The maximum Gasteiger partial charge on any atom is 0.573 e. The van der Waals surface area contributed by atoms with Crippen molar-refractivity contribution in [2.75, 3.05) is 26.2 Å². The van der Waals surface area contributed by atoms with E-state index in [0.29, 0.717) is 31.7 Å². The van der Waals surface area contributed by atoms with Gasteiger partial charge < -0.3 is 14.5 Å². The van der Waals surface area contributed by atoms with Crippen molar-refractivity contribution >= 4 is 17.9 Å². The highest BCUT2D eigenvalue weighted by Crippen LogP contribution is 2.31. The Morgan fingerprint density at radius 1 is 1.00 bits per heavy atom. The van der Waals surface area contributed by atoms with Crippen LogP contribution in [0.2, 0.25) is 0 Å². The largest absolute Gasteiger partial charge is 0.573 e. The van der Waals surface area contributed by atoms with Crippen LogP contribution < -0.4 is 4.74 Å². The van der Waals surface area contributed by atoms with Crippen LogP contribution >= 0.6 is 0 Å². The molecule has 0 bridgehead atoms. The van der Waals surface area contributed by atoms with Crippen LogP contribution in [0.1, 0.15) is 18.4 Å². The zero-order valence-corrected chi connectivity index (χ0v) is 14.0. The summed E-state index contributed by atoms with van der Waals surface area (Å²) in [6.07, 6.45) is 0.136. The summed E-state index contributed by atoms with van der Waals surface area (Å²) in [5.74, 6) is -0.119. The summed E-state index contributed by atoms with van der Waals surface area (Å²) in [4.78, 5) is 27.7. The molecule has 1 saturated carbocycles. The van der Waals surface area contributed by atoms with Crippen LogP contribution in [0.25, 0.3) is 6.08 Å². The highest BCUT2D eigenvalue weighted by molar-refractivity contribution is 5.92. The zero-order valence-electron chi connectivity index (χ0n) is 14.0. The summed E-state index contributed by atoms with van der Waals surface area (Å²) < 4.78 is 40.1. The van der Waals surface area contributed by atoms with Gasteiger partial charge in [0.15, 0.2) is 0 Å². The van der Waals surface area contributed by atoms with Crippen molar-refractivity contribution in [3.63, 3.8) is 0 Å². The smallest absolute Gasteiger partial charge is 0.406 e. The molecular formula is C18H19F3N2O3. The quantitative estimate of drug-likeness (QED) is 0.768. The minimum Gasteiger partial charge on any atom is -0.406 e. The number of rotatable bonds is 4. The number of piperazine rings is 1. The first-order valence-corrected chi connectivity index (χ1v) is 8.43. The third-order valence-corrected chi connectivity index (χ3v) is 4.36. The van der Waals surface area contributed by atoms with Crippen molar-refractivity contribution in [2.45, 2.75) is 19.2 Å². The van der Waals surface area contributed by atoms with Gasteiger partial charge in [0.05, 0.1) is 0 Å². The molecule has 1 aliphatic heterocycles. The first-order valence-electron chi connectivity index (χ1n) is 8.43. The molecule has 1 saturated heterocycles. The Morgan fingerprint density at radius 3 is 2.12 bits per heavy atom. The number of hydrogen-bond donors (Lipinski definition) is 0. The molecule has 26 heavy (non-hydrogen) atoms. The Hall–Kier alpha value is -2.51. The topological polar surface area (TPSA) is 49.9 Å². The van der Waals surface area contributed by atoms with Crippen molar-refractivity contribution in [2.24, 2.45) is 5.92 Å². The fourth-order valence-electron chi connectivity index (χ4n) is 2.79. The van der Waals surface area contributed by atoms with Gasteiger partial charge in [-0.05, 0) is 36.6 Å². The number of hydrogen-bond acceptors (Lipinski definition) is 3. The molecule has 1 aliphatic carbocycles. The molecule has 2 aliphatic rings. The van der Waals surface area contributed by atoms with Crippen LogP contribution in [0.4, 0.5) is 13.2 Å². The number of carbonyl (C=O) groups excluding carboxylic acids is 2. The van der Waals surface area contributed by atoms with E-state index in [4.69, 9.17) is 0 Å². The van der Waals surface area contributed by atoms with Gasteiger partial charge in [0.1, 0.15) is 5.75 Å². The standard InChI is InChI=1S/C18H19F3N2O3/c19-18(20,21)26-15-6-1-13(2-7-15)3-8-16(24)22-9-11-23(12-10-22)17(25)14-4-5-14/h1-3,6-8,14H,4-5,9-12H2. The van der Waals surface area contributed by atoms with Gasteiger partial charge in [-0.1, -0.05) is 12.1 Å². The SMILES string of the molecule is O=C(C=Cc1ccc(OC(F)(F)F)cc1)N1CCN(C(=O)C2CC2)CC1. The Labute approximate surface area is 149 Å². The molecule has 1 heterocycles. The van der Waals surface area contributed by atoms with E-state index in [9.17, 15) is 22.8 Å². The molecule has 1 aromatic carbocycles. The Kier molecular flexibility index (Phi) is 5.20. The van der Waals surface area contributed by atoms with E-state index in [2.05, 4.69) is 4.74 Å². The van der Waals surface area contributed by atoms with Gasteiger partial charge in [-0.3, -0.25) is 9.59 Å². The number of ether oxygens (including phenoxy) is 1. The minimum absolute atomic E-state index is 0.181. The predicted molar refractivity (Wildman–Crippen MR) is 88.0 cm³/mol. The van der Waals surface area contributed by atoms with E-state index in [0.717, 1.165) is 12.8 Å². The molecule has 0 radical (unpaired) electrons. The number of nitrogens with zero attached hydrogens (tertiary/aromatic N) is 2. The molecule has 2 fully saturated rings. The van der Waals surface area contributed by atoms with E-state index in [1.807, 2.05) is 4.90 Å². The Balaban J connectivity index is 1.49. The normalized spacial score (nSPS) is 18.3. The summed E-state index contributed by atoms with van der Waals surface area (Å²) in [5.41, 5.74) is 0.593. The summed E-state index contributed by atoms with van der Waals surface area (Å²) in [6, 6.07) is 5.27. The molecule has 140 valence electrons. The summed E-state index contributed by atoms with van der Waals surface area (Å²) in [6.45, 7) is 2.05. The number of amides is 2. The molecule has 3 rings (SSSR count). The molecule has 8 heteroatoms. The number of halogens is 3. The molecule has 1 aromatic rings. The van der Waals surface area contributed by atoms with Gasteiger partial charge >= 0.3 is 6.36 Å². The van der Waals surface area contributed by atoms with Crippen molar-refractivity contribution < 1.29 is 27.5 Å². The molecule has 0 N–H and O–H groups in total. The molecule has 0 unspecified atom stereocenters. The van der Waals surface area contributed by atoms with Crippen molar-refractivity contribution in [3.05, 3.63) is 35.9 Å². The number of carbonyl (C=O) groups is 2. The first-order chi connectivity index (χ1) is 12.3. The van der Waals surface area contributed by atoms with Gasteiger partial charge in [0.25, 0.3) is 0 Å². The molecule has 0 atom stereocenters. The van der Waals surface area contributed by atoms with Crippen LogP contribution in [-0.4, -0.2) is 54.2 Å². The predicted octanol–water partition coefficient (Wildman–Crippen LogP) is 2.68. The van der Waals surface area contributed by atoms with Gasteiger partial charge in [-0.25, -0.2) is 0 Å². The average molecular weight is 368 g/mol. The fraction of sp³-hybridized carbons (Fsp3) is 0.444. The van der Waals surface area contributed by atoms with Crippen molar-refractivity contribution in [3.8, 4) is 5.75 Å². The van der Waals surface area contributed by atoms with E-state index < -0.39 is 6.36 Å². The van der Waals surface area contributed by atoms with Crippen LogP contribution in [0, 0.1) is 5.92 Å². The average Bonchev–Trinajstić information content (AvgIpc) is 3.44. The zero-order chi connectivity index (χ0) is 18.7. The minimum atomic E-state index is -4.73. The summed E-state index contributed by atoms with van der Waals surface area (Å²) in [7, 11) is 0. The summed E-state index contributed by atoms with van der Waals surface area (Å²) >= 11 is 0. The van der Waals surface area contributed by atoms with Gasteiger partial charge in [-0.2, -0.15) is 0 Å². The molecule has 0 spiro atoms. The van der Waals surface area contributed by atoms with Gasteiger partial charge in [0.2, 0.25) is 11.8 Å². The Morgan fingerprint density at radius 2 is 1.58 bits per heavy atom. The number of alkyl halides is 3. The Bertz CT molecular complexity index is 689. The molecule has 5 nitrogen and oxygen atoms in total. The summed E-state index contributed by atoms with van der Waals surface area (Å²) in [5, 5.41) is 0. The highest BCUT2D eigenvalue weighted by atomic mass is 19.4. The lowest BCUT2D eigenvalue weighted by Gasteiger charge is -2.34. The molecule has 0 aromatic heterocycles. The highest BCUT2D eigenvalue weighted by Gasteiger charge is 2.35. The van der Waals surface area contributed by atoms with Crippen LogP contribution in [0.15, 0.2) is 30.3 Å². The maximum absolute atomic E-state index is 12.2. The second kappa shape index (κ2) is 7.39. The second-order valence-corrected chi connectivity index (χ2v) is 6.38. The first kappa shape index (κ1) is 18.3. The lowest BCUT2D eigenvalue weighted by atomic mass is 10.2. The maximum atomic E-state index is 12.2. The van der Waals surface area contributed by atoms with Crippen LogP contribution in [0.3, 0.4) is 0 Å². The third kappa shape index (κ3) is 5.00. The van der Waals surface area contributed by atoms with E-state index in [1.54, 1.807) is 11.0 Å². The van der Waals surface area contributed by atoms with Crippen LogP contribution in [-0.2, 0) is 9.59 Å². The van der Waals surface area contributed by atoms with E-state index in [-0.39, 0.29) is 23.5 Å². The van der Waals surface area contributed by atoms with Gasteiger partial charge in [0, 0.05) is 38.2 Å². The lowest BCUT2D eigenvalue weighted by molar-refractivity contribution is -0.274. The number of benzene rings is 1. The second-order valence-electron chi connectivity index (χ2n) is 6.38. The lowest BCUT2D eigenvalue weighted by Crippen LogP contribution is -2.50. The molecule has 2 amide bonds. The third-order valence-electron chi connectivity index (χ3n) is 4.36. The monoisotopic (exact) mass is 368 g/mol. The fourth-order valence-corrected chi connectivity index (χ4v) is 2.79. The van der Waals surface area contributed by atoms with E-state index >= 15 is 0 Å².